The Morgan fingerprint density at radius 1 is 1.10 bits per heavy atom. The zero-order valence-electron chi connectivity index (χ0n) is 34.7. The number of para-hydroxylation sites is 1. The fourth-order valence-electron chi connectivity index (χ4n) is 6.90. The van der Waals surface area contributed by atoms with Gasteiger partial charge in [0.25, 0.3) is 6.01 Å². The van der Waals surface area contributed by atoms with Crippen LogP contribution in [0, 0.1) is 11.8 Å². The summed E-state index contributed by atoms with van der Waals surface area (Å²) in [7, 11) is -1.11. The maximum Gasteiger partial charge on any atom is 0.408 e. The van der Waals surface area contributed by atoms with Crippen LogP contribution in [0.5, 0.6) is 6.01 Å². The number of benzene rings is 1. The molecule has 5 rings (SSSR count). The number of nitrogens with two attached hydrogens (primary N) is 1. The van der Waals surface area contributed by atoms with E-state index in [9.17, 15) is 27.6 Å². The van der Waals surface area contributed by atoms with Crippen LogP contribution in [0.2, 0.25) is 0 Å². The Bertz CT molecular complexity index is 2110. The van der Waals surface area contributed by atoms with Crippen LogP contribution in [0.3, 0.4) is 0 Å². The second kappa shape index (κ2) is 18.6. The number of ether oxygens (including phenoxy) is 2. The first kappa shape index (κ1) is 44.6. The van der Waals surface area contributed by atoms with Gasteiger partial charge in [0.05, 0.1) is 17.8 Å². The Balaban J connectivity index is 1.22. The number of alkyl carbamates (subject to hydrolysis) is 1. The van der Waals surface area contributed by atoms with Gasteiger partial charge in [-0.25, -0.2) is 14.5 Å². The zero-order chi connectivity index (χ0) is 42.5. The summed E-state index contributed by atoms with van der Waals surface area (Å²) in [5, 5.41) is 5.66. The third kappa shape index (κ3) is 11.1. The predicted octanol–water partition coefficient (Wildman–Crippen LogP) is 5.10. The summed E-state index contributed by atoms with van der Waals surface area (Å²) in [5.41, 5.74) is 8.60. The number of hydrogen-bond acceptors (Lipinski definition) is 11. The number of rotatable bonds is 18. The first-order chi connectivity index (χ1) is 27.3. The molecule has 1 aromatic carbocycles. The normalized spacial score (nSPS) is 20.2. The number of aryl methyl sites for hydroxylation is 1. The van der Waals surface area contributed by atoms with E-state index in [-0.39, 0.29) is 24.8 Å². The van der Waals surface area contributed by atoms with Crippen molar-refractivity contribution in [3.8, 4) is 16.6 Å². The molecule has 58 heavy (non-hydrogen) atoms. The SMILES string of the molecule is CCn1c(OC2CC(C(N)=O)N(C(=O)C(CCCCCC=CC3CC3C(=O)NS(=O)(=O)N(C)C)NC(=O)OC(C)(C)C)C2)nc2c(-c3nc(C(C)C)cs3)cccc21. The molecular weight excluding hydrogens is 785 g/mol. The largest absolute Gasteiger partial charge is 0.459 e. The quantitative estimate of drug-likeness (QED) is 0.114. The number of nitrogens with one attached hydrogen (secondary N) is 2. The zero-order valence-corrected chi connectivity index (χ0v) is 36.3. The third-order valence-electron chi connectivity index (χ3n) is 10.2. The number of carbonyl (C=O) groups is 4. The Kier molecular flexibility index (Phi) is 14.3. The summed E-state index contributed by atoms with van der Waals surface area (Å²) in [6.45, 7) is 12.0. The number of primary amides is 1. The molecular formula is C40H58N8O8S2. The van der Waals surface area contributed by atoms with E-state index in [0.717, 1.165) is 50.9 Å². The highest BCUT2D eigenvalue weighted by atomic mass is 32.2. The molecule has 3 heterocycles. The number of amides is 4. The number of aromatic nitrogens is 3. The molecule has 5 unspecified atom stereocenters. The molecule has 4 amide bonds. The molecule has 0 spiro atoms. The number of carbonyl (C=O) groups excluding carboxylic acids is 4. The van der Waals surface area contributed by atoms with Crippen molar-refractivity contribution in [2.24, 2.45) is 17.6 Å². The predicted molar refractivity (Wildman–Crippen MR) is 222 cm³/mol. The van der Waals surface area contributed by atoms with Crippen molar-refractivity contribution in [3.63, 3.8) is 0 Å². The first-order valence-corrected chi connectivity index (χ1v) is 22.2. The number of nitrogens with zero attached hydrogens (tertiary/aromatic N) is 5. The number of likely N-dealkylation sites (tertiary alicyclic amines) is 1. The van der Waals surface area contributed by atoms with Crippen molar-refractivity contribution in [2.75, 3.05) is 20.6 Å². The van der Waals surface area contributed by atoms with Crippen LogP contribution in [0.25, 0.3) is 21.6 Å². The summed E-state index contributed by atoms with van der Waals surface area (Å²) < 4.78 is 40.9. The maximum absolute atomic E-state index is 14.2. The van der Waals surface area contributed by atoms with Crippen LogP contribution in [-0.4, -0.2) is 100 Å². The number of fused-ring (bicyclic) bond motifs is 1. The van der Waals surface area contributed by atoms with Crippen molar-refractivity contribution in [1.82, 2.24) is 33.8 Å². The van der Waals surface area contributed by atoms with Gasteiger partial charge in [-0.2, -0.15) is 17.7 Å². The van der Waals surface area contributed by atoms with Crippen LogP contribution in [0.1, 0.15) is 98.1 Å². The molecule has 18 heteroatoms. The Labute approximate surface area is 345 Å². The van der Waals surface area contributed by atoms with Crippen LogP contribution in [0.15, 0.2) is 35.7 Å². The number of unbranched alkanes of at least 4 members (excludes halogenated alkanes) is 3. The molecule has 0 radical (unpaired) electrons. The van der Waals surface area contributed by atoms with Gasteiger partial charge < -0.3 is 25.4 Å². The number of thiazole rings is 1. The smallest absolute Gasteiger partial charge is 0.408 e. The van der Waals surface area contributed by atoms with Gasteiger partial charge in [-0.15, -0.1) is 11.3 Å². The minimum absolute atomic E-state index is 0.0101. The Morgan fingerprint density at radius 2 is 1.84 bits per heavy atom. The van der Waals surface area contributed by atoms with E-state index in [2.05, 4.69) is 29.3 Å². The van der Waals surface area contributed by atoms with Gasteiger partial charge in [0.15, 0.2) is 0 Å². The van der Waals surface area contributed by atoms with Crippen LogP contribution in [-0.2, 0) is 35.9 Å². The number of allylic oxidation sites excluding steroid dienone is 2. The average Bonchev–Trinajstić information content (AvgIpc) is 3.42. The molecule has 318 valence electrons. The van der Waals surface area contributed by atoms with Gasteiger partial charge in [0, 0.05) is 43.9 Å². The van der Waals surface area contributed by atoms with E-state index < -0.39 is 57.8 Å². The number of hydrogen-bond donors (Lipinski definition) is 3. The molecule has 0 bridgehead atoms. The third-order valence-corrected chi connectivity index (χ3v) is 12.5. The second-order valence-corrected chi connectivity index (χ2v) is 19.2. The Hall–Kier alpha value is -4.55. The molecule has 16 nitrogen and oxygen atoms in total. The van der Waals surface area contributed by atoms with Gasteiger partial charge in [0.2, 0.25) is 17.7 Å². The molecule has 2 fully saturated rings. The second-order valence-electron chi connectivity index (χ2n) is 16.5. The molecule has 2 aliphatic rings. The van der Waals surface area contributed by atoms with Crippen molar-refractivity contribution in [3.05, 3.63) is 41.4 Å². The molecule has 1 aliphatic carbocycles. The van der Waals surface area contributed by atoms with Gasteiger partial charge in [-0.1, -0.05) is 44.9 Å². The summed E-state index contributed by atoms with van der Waals surface area (Å²) >= 11 is 1.57. The van der Waals surface area contributed by atoms with Crippen molar-refractivity contribution in [1.29, 1.82) is 0 Å². The lowest BCUT2D eigenvalue weighted by molar-refractivity contribution is -0.139. The first-order valence-electron chi connectivity index (χ1n) is 19.9. The minimum Gasteiger partial charge on any atom is -0.459 e. The van der Waals surface area contributed by atoms with E-state index in [4.69, 9.17) is 25.2 Å². The Morgan fingerprint density at radius 3 is 2.48 bits per heavy atom. The monoisotopic (exact) mass is 842 g/mol. The number of imidazole rings is 1. The van der Waals surface area contributed by atoms with E-state index in [1.54, 1.807) is 32.1 Å². The highest BCUT2D eigenvalue weighted by Gasteiger charge is 2.44. The van der Waals surface area contributed by atoms with E-state index >= 15 is 0 Å². The van der Waals surface area contributed by atoms with Crippen molar-refractivity contribution < 1.29 is 37.1 Å². The fraction of sp³-hybridized carbons (Fsp3) is 0.600. The molecule has 3 aromatic rings. The fourth-order valence-corrected chi connectivity index (χ4v) is 8.50. The van der Waals surface area contributed by atoms with Crippen LogP contribution < -0.4 is 20.5 Å². The summed E-state index contributed by atoms with van der Waals surface area (Å²) in [6, 6.07) is 4.37. The van der Waals surface area contributed by atoms with E-state index in [1.807, 2.05) is 41.8 Å². The van der Waals surface area contributed by atoms with E-state index in [0.29, 0.717) is 37.7 Å². The van der Waals surface area contributed by atoms with Crippen molar-refractivity contribution in [2.45, 2.75) is 123 Å². The summed E-state index contributed by atoms with van der Waals surface area (Å²) in [5.74, 6) is -1.72. The standard InChI is InChI=1S/C40H58N8O8S2/c1-9-47-31-19-15-17-27(36-42-30(23-57-36)24(2)3)33(31)44-38(47)55-26-21-32(34(41)49)48(22-26)37(51)29(43-39(52)56-40(4,5)6)18-14-12-10-11-13-16-25-20-28(25)35(50)45-58(53,54)46(7)8/h13,15-17,19,23-26,28-29,32H,9-12,14,18,20-22H2,1-8H3,(H2,41,49)(H,43,52)(H,45,50). The molecule has 2 aromatic heterocycles. The average molecular weight is 843 g/mol. The molecule has 1 saturated carbocycles. The maximum atomic E-state index is 14.2. The van der Waals surface area contributed by atoms with Crippen LogP contribution in [0.4, 0.5) is 4.79 Å². The minimum atomic E-state index is -3.82. The highest BCUT2D eigenvalue weighted by molar-refractivity contribution is 7.87. The van der Waals surface area contributed by atoms with Crippen molar-refractivity contribution >= 4 is 56.4 Å². The van der Waals surface area contributed by atoms with Gasteiger partial charge in [0.1, 0.15) is 34.3 Å². The summed E-state index contributed by atoms with van der Waals surface area (Å²) in [4.78, 5) is 63.4. The lowest BCUT2D eigenvalue weighted by atomic mass is 10.0. The molecule has 1 saturated heterocycles. The molecule has 1 aliphatic heterocycles. The van der Waals surface area contributed by atoms with Gasteiger partial charge in [-0.3, -0.25) is 19.0 Å². The van der Waals surface area contributed by atoms with Crippen LogP contribution >= 0.6 is 11.3 Å². The van der Waals surface area contributed by atoms with E-state index in [1.165, 1.54) is 19.0 Å². The summed E-state index contributed by atoms with van der Waals surface area (Å²) in [6.07, 6.45) is 6.46. The molecule has 5 atom stereocenters. The highest BCUT2D eigenvalue weighted by Crippen LogP contribution is 2.40. The lowest BCUT2D eigenvalue weighted by Gasteiger charge is -2.28. The van der Waals surface area contributed by atoms with Gasteiger partial charge in [-0.05, 0) is 77.3 Å². The lowest BCUT2D eigenvalue weighted by Crippen LogP contribution is -2.53. The molecule has 4 N–H and O–H groups in total. The van der Waals surface area contributed by atoms with Gasteiger partial charge >= 0.3 is 16.3 Å². The topological polar surface area (TPSA) is 208 Å².